The Balaban J connectivity index is 1.52. The van der Waals surface area contributed by atoms with E-state index in [4.69, 9.17) is 27.9 Å². The molecule has 11 heteroatoms. The lowest BCUT2D eigenvalue weighted by Gasteiger charge is -2.12. The van der Waals surface area contributed by atoms with Gasteiger partial charge in [0.1, 0.15) is 12.7 Å². The minimum absolute atomic E-state index is 0.160. The van der Waals surface area contributed by atoms with Gasteiger partial charge in [-0.25, -0.2) is 14.6 Å². The number of nitrogens with one attached hydrogen (secondary N) is 1. The number of thioether (sulfide) groups is 1. The number of carbonyl (C=O) groups is 1. The molecule has 1 amide bonds. The number of amides is 1. The highest BCUT2D eigenvalue weighted by Crippen LogP contribution is 2.28. The number of nitrogens with zero attached hydrogens (tertiary/aromatic N) is 5. The molecule has 160 valence electrons. The Labute approximate surface area is 192 Å². The van der Waals surface area contributed by atoms with Crippen LogP contribution in [-0.2, 0) is 16.1 Å². The molecule has 4 aromatic rings. The van der Waals surface area contributed by atoms with Gasteiger partial charge in [-0.1, -0.05) is 35.0 Å². The van der Waals surface area contributed by atoms with E-state index in [1.807, 2.05) is 16.7 Å². The highest BCUT2D eigenvalue weighted by molar-refractivity contribution is 7.99. The van der Waals surface area contributed by atoms with Gasteiger partial charge in [0.15, 0.2) is 5.16 Å². The fraction of sp³-hybridized carbons (Fsp3) is 0.200. The first-order chi connectivity index (χ1) is 15.0. The fourth-order valence-corrected chi connectivity index (χ4v) is 4.23. The van der Waals surface area contributed by atoms with Crippen LogP contribution in [0.3, 0.4) is 0 Å². The van der Waals surface area contributed by atoms with Gasteiger partial charge in [-0.3, -0.25) is 4.79 Å². The van der Waals surface area contributed by atoms with Crippen LogP contribution in [0, 0.1) is 0 Å². The van der Waals surface area contributed by atoms with Gasteiger partial charge in [0, 0.05) is 23.7 Å². The van der Waals surface area contributed by atoms with Crippen molar-refractivity contribution >= 4 is 57.6 Å². The second-order valence-corrected chi connectivity index (χ2v) is 8.33. The average molecular weight is 477 g/mol. The Hall–Kier alpha value is -2.59. The number of hydrogen-bond donors (Lipinski definition) is 1. The SMILES string of the molecule is COCCn1c(SCC(=O)Nc2cc(Cl)ccc2-n2cncn2)nc2cc(Cl)ccc21. The van der Waals surface area contributed by atoms with Crippen LogP contribution >= 0.6 is 35.0 Å². The molecule has 0 aliphatic carbocycles. The van der Waals surface area contributed by atoms with E-state index in [0.717, 1.165) is 11.0 Å². The van der Waals surface area contributed by atoms with Crippen molar-refractivity contribution in [1.29, 1.82) is 0 Å². The molecular weight excluding hydrogens is 459 g/mol. The Bertz CT molecular complexity index is 1210. The molecule has 0 unspecified atom stereocenters. The number of fused-ring (bicyclic) bond motifs is 1. The number of hydrogen-bond acceptors (Lipinski definition) is 6. The van der Waals surface area contributed by atoms with Crippen molar-refractivity contribution in [2.24, 2.45) is 0 Å². The molecule has 0 aliphatic heterocycles. The molecule has 1 N–H and O–H groups in total. The summed E-state index contributed by atoms with van der Waals surface area (Å²) in [7, 11) is 1.65. The molecule has 0 atom stereocenters. The van der Waals surface area contributed by atoms with Crippen molar-refractivity contribution in [3.8, 4) is 5.69 Å². The summed E-state index contributed by atoms with van der Waals surface area (Å²) in [5.41, 5.74) is 2.92. The molecule has 0 bridgehead atoms. The minimum atomic E-state index is -0.197. The molecule has 4 rings (SSSR count). The van der Waals surface area contributed by atoms with Gasteiger partial charge in [0.05, 0.1) is 34.8 Å². The summed E-state index contributed by atoms with van der Waals surface area (Å²) in [4.78, 5) is 21.3. The van der Waals surface area contributed by atoms with Crippen molar-refractivity contribution in [2.75, 3.05) is 24.8 Å². The zero-order chi connectivity index (χ0) is 21.8. The van der Waals surface area contributed by atoms with Crippen LogP contribution in [0.25, 0.3) is 16.7 Å². The summed E-state index contributed by atoms with van der Waals surface area (Å²) >= 11 is 13.6. The summed E-state index contributed by atoms with van der Waals surface area (Å²) < 4.78 is 8.80. The Kier molecular flexibility index (Phi) is 6.77. The Morgan fingerprint density at radius 2 is 2.00 bits per heavy atom. The van der Waals surface area contributed by atoms with Crippen LogP contribution in [0.5, 0.6) is 0 Å². The van der Waals surface area contributed by atoms with Gasteiger partial charge in [-0.15, -0.1) is 0 Å². The Morgan fingerprint density at radius 1 is 1.19 bits per heavy atom. The number of anilines is 1. The largest absolute Gasteiger partial charge is 0.383 e. The van der Waals surface area contributed by atoms with Crippen LogP contribution in [0.2, 0.25) is 10.0 Å². The number of rotatable bonds is 8. The third kappa shape index (κ3) is 5.01. The number of benzene rings is 2. The molecule has 0 radical (unpaired) electrons. The number of carbonyl (C=O) groups excluding carboxylic acids is 1. The summed E-state index contributed by atoms with van der Waals surface area (Å²) in [5, 5.41) is 8.85. The standard InChI is InChI=1S/C20H18Cl2N6O2S/c1-30-7-6-27-17-4-2-13(21)8-15(17)26-20(27)31-10-19(29)25-16-9-14(22)3-5-18(16)28-12-23-11-24-28/h2-5,8-9,11-12H,6-7,10H2,1H3,(H,25,29). The van der Waals surface area contributed by atoms with E-state index >= 15 is 0 Å². The molecule has 2 aromatic carbocycles. The third-order valence-electron chi connectivity index (χ3n) is 4.42. The molecule has 0 saturated heterocycles. The lowest BCUT2D eigenvalue weighted by molar-refractivity contribution is -0.113. The quantitative estimate of drug-likeness (QED) is 0.381. The predicted molar refractivity (Wildman–Crippen MR) is 122 cm³/mol. The number of methoxy groups -OCH3 is 1. The molecular formula is C20H18Cl2N6O2S. The average Bonchev–Trinajstić information content (AvgIpc) is 3.38. The maximum Gasteiger partial charge on any atom is 0.234 e. The van der Waals surface area contributed by atoms with Gasteiger partial charge in [0.25, 0.3) is 0 Å². The zero-order valence-corrected chi connectivity index (χ0v) is 18.8. The summed E-state index contributed by atoms with van der Waals surface area (Å²) in [6, 6.07) is 10.7. The molecule has 0 saturated carbocycles. The van der Waals surface area contributed by atoms with E-state index in [2.05, 4.69) is 20.4 Å². The number of aromatic nitrogens is 5. The number of halogens is 2. The summed E-state index contributed by atoms with van der Waals surface area (Å²) in [6.45, 7) is 1.14. The number of ether oxygens (including phenoxy) is 1. The highest BCUT2D eigenvalue weighted by Gasteiger charge is 2.15. The normalized spacial score (nSPS) is 11.2. The topological polar surface area (TPSA) is 86.9 Å². The molecule has 0 spiro atoms. The lowest BCUT2D eigenvalue weighted by atomic mass is 10.2. The van der Waals surface area contributed by atoms with E-state index in [1.165, 1.54) is 18.1 Å². The van der Waals surface area contributed by atoms with E-state index in [0.29, 0.717) is 39.7 Å². The van der Waals surface area contributed by atoms with Gasteiger partial charge < -0.3 is 14.6 Å². The molecule has 0 fully saturated rings. The smallest absolute Gasteiger partial charge is 0.234 e. The second-order valence-electron chi connectivity index (χ2n) is 6.51. The van der Waals surface area contributed by atoms with Gasteiger partial charge >= 0.3 is 0 Å². The van der Waals surface area contributed by atoms with Crippen molar-refractivity contribution in [1.82, 2.24) is 24.3 Å². The van der Waals surface area contributed by atoms with E-state index in [1.54, 1.807) is 42.4 Å². The maximum absolute atomic E-state index is 12.7. The molecule has 2 aromatic heterocycles. The van der Waals surface area contributed by atoms with Gasteiger partial charge in [-0.05, 0) is 36.4 Å². The lowest BCUT2D eigenvalue weighted by Crippen LogP contribution is -2.16. The van der Waals surface area contributed by atoms with E-state index in [-0.39, 0.29) is 11.7 Å². The third-order valence-corrected chi connectivity index (χ3v) is 5.87. The van der Waals surface area contributed by atoms with Crippen LogP contribution in [0.4, 0.5) is 5.69 Å². The second kappa shape index (κ2) is 9.69. The summed E-state index contributed by atoms with van der Waals surface area (Å²) in [5.74, 6) is -0.0371. The van der Waals surface area contributed by atoms with E-state index < -0.39 is 0 Å². The molecule has 2 heterocycles. The van der Waals surface area contributed by atoms with Crippen LogP contribution in [-0.4, -0.2) is 49.7 Å². The predicted octanol–water partition coefficient (Wildman–Crippen LogP) is 4.30. The van der Waals surface area contributed by atoms with Crippen LogP contribution in [0.1, 0.15) is 0 Å². The monoisotopic (exact) mass is 476 g/mol. The Morgan fingerprint density at radius 3 is 2.77 bits per heavy atom. The van der Waals surface area contributed by atoms with Crippen LogP contribution < -0.4 is 5.32 Å². The maximum atomic E-state index is 12.7. The fourth-order valence-electron chi connectivity index (χ4n) is 3.05. The molecule has 0 aliphatic rings. The van der Waals surface area contributed by atoms with E-state index in [9.17, 15) is 4.79 Å². The first-order valence-corrected chi connectivity index (χ1v) is 11.0. The highest BCUT2D eigenvalue weighted by atomic mass is 35.5. The summed E-state index contributed by atoms with van der Waals surface area (Å²) in [6.07, 6.45) is 2.98. The van der Waals surface area contributed by atoms with Crippen molar-refractivity contribution in [3.63, 3.8) is 0 Å². The first kappa shape index (κ1) is 21.6. The van der Waals surface area contributed by atoms with Crippen molar-refractivity contribution in [2.45, 2.75) is 11.7 Å². The van der Waals surface area contributed by atoms with Gasteiger partial charge in [-0.2, -0.15) is 5.10 Å². The first-order valence-electron chi connectivity index (χ1n) is 9.27. The van der Waals surface area contributed by atoms with Crippen molar-refractivity contribution < 1.29 is 9.53 Å². The minimum Gasteiger partial charge on any atom is -0.383 e. The van der Waals surface area contributed by atoms with Crippen LogP contribution in [0.15, 0.2) is 54.2 Å². The van der Waals surface area contributed by atoms with Gasteiger partial charge in [0.2, 0.25) is 5.91 Å². The molecule has 8 nitrogen and oxygen atoms in total. The van der Waals surface area contributed by atoms with Crippen molar-refractivity contribution in [3.05, 3.63) is 59.1 Å². The number of imidazole rings is 1. The zero-order valence-electron chi connectivity index (χ0n) is 16.5. The molecule has 31 heavy (non-hydrogen) atoms.